The van der Waals surface area contributed by atoms with Crippen molar-refractivity contribution >= 4 is 0 Å². The molecule has 96 valence electrons. The van der Waals surface area contributed by atoms with Crippen molar-refractivity contribution in [3.63, 3.8) is 0 Å². The second kappa shape index (κ2) is 6.74. The van der Waals surface area contributed by atoms with Crippen LogP contribution in [-0.4, -0.2) is 19.6 Å². The first-order valence-corrected chi connectivity index (χ1v) is 6.36. The molecule has 0 unspecified atom stereocenters. The van der Waals surface area contributed by atoms with Crippen LogP contribution < -0.4 is 17.2 Å². The SMILES string of the molecule is Cc1cc(CCN)c(CCN)c(CCN)c1C. The molecule has 6 N–H and O–H groups in total. The van der Waals surface area contributed by atoms with Crippen molar-refractivity contribution in [3.05, 3.63) is 33.9 Å². The normalized spacial score (nSPS) is 10.9. The molecule has 0 saturated heterocycles. The van der Waals surface area contributed by atoms with Gasteiger partial charge in [-0.05, 0) is 80.6 Å². The van der Waals surface area contributed by atoms with Gasteiger partial charge in [0.05, 0.1) is 0 Å². The lowest BCUT2D eigenvalue weighted by atomic mass is 9.88. The van der Waals surface area contributed by atoms with Gasteiger partial charge in [-0.3, -0.25) is 0 Å². The predicted molar refractivity (Wildman–Crippen MR) is 74.2 cm³/mol. The Bertz CT molecular complexity index is 372. The predicted octanol–water partition coefficient (Wildman–Crippen LogP) is 0.807. The fourth-order valence-corrected chi connectivity index (χ4v) is 2.43. The maximum absolute atomic E-state index is 5.72. The second-order valence-corrected chi connectivity index (χ2v) is 4.55. The monoisotopic (exact) mass is 235 g/mol. The van der Waals surface area contributed by atoms with Crippen molar-refractivity contribution in [2.24, 2.45) is 17.2 Å². The number of hydrogen-bond acceptors (Lipinski definition) is 3. The molecule has 1 aromatic carbocycles. The van der Waals surface area contributed by atoms with E-state index in [-0.39, 0.29) is 0 Å². The summed E-state index contributed by atoms with van der Waals surface area (Å²) in [5, 5.41) is 0. The van der Waals surface area contributed by atoms with E-state index in [1.807, 2.05) is 0 Å². The van der Waals surface area contributed by atoms with Gasteiger partial charge in [0.2, 0.25) is 0 Å². The average Bonchev–Trinajstić information content (AvgIpc) is 2.30. The lowest BCUT2D eigenvalue weighted by Gasteiger charge is -2.19. The summed E-state index contributed by atoms with van der Waals surface area (Å²) < 4.78 is 0. The molecule has 0 aliphatic heterocycles. The Balaban J connectivity index is 3.29. The first-order valence-electron chi connectivity index (χ1n) is 6.36. The van der Waals surface area contributed by atoms with Crippen molar-refractivity contribution in [1.29, 1.82) is 0 Å². The Morgan fingerprint density at radius 2 is 1.35 bits per heavy atom. The minimum atomic E-state index is 0.678. The Morgan fingerprint density at radius 1 is 0.824 bits per heavy atom. The highest BCUT2D eigenvalue weighted by Gasteiger charge is 2.12. The van der Waals surface area contributed by atoms with Gasteiger partial charge in [0.1, 0.15) is 0 Å². The zero-order valence-corrected chi connectivity index (χ0v) is 11.1. The molecule has 0 atom stereocenters. The Kier molecular flexibility index (Phi) is 5.62. The third-order valence-corrected chi connectivity index (χ3v) is 3.39. The van der Waals surface area contributed by atoms with Gasteiger partial charge in [0, 0.05) is 0 Å². The molecule has 0 heterocycles. The summed E-state index contributed by atoms with van der Waals surface area (Å²) in [6, 6.07) is 2.26. The topological polar surface area (TPSA) is 78.1 Å². The highest BCUT2D eigenvalue weighted by molar-refractivity contribution is 5.46. The summed E-state index contributed by atoms with van der Waals surface area (Å²) in [5.41, 5.74) is 23.9. The summed E-state index contributed by atoms with van der Waals surface area (Å²) in [5.74, 6) is 0. The quantitative estimate of drug-likeness (QED) is 0.682. The third-order valence-electron chi connectivity index (χ3n) is 3.39. The highest BCUT2D eigenvalue weighted by Crippen LogP contribution is 2.24. The summed E-state index contributed by atoms with van der Waals surface area (Å²) in [6.07, 6.45) is 2.78. The van der Waals surface area contributed by atoms with E-state index >= 15 is 0 Å². The lowest BCUT2D eigenvalue weighted by Crippen LogP contribution is -2.15. The molecule has 0 aromatic heterocycles. The molecule has 0 bridgehead atoms. The van der Waals surface area contributed by atoms with Crippen molar-refractivity contribution in [2.45, 2.75) is 33.1 Å². The first kappa shape index (κ1) is 14.2. The van der Waals surface area contributed by atoms with Crippen LogP contribution in [-0.2, 0) is 19.3 Å². The molecule has 0 fully saturated rings. The van der Waals surface area contributed by atoms with Crippen LogP contribution in [0, 0.1) is 13.8 Å². The van der Waals surface area contributed by atoms with E-state index in [2.05, 4.69) is 19.9 Å². The van der Waals surface area contributed by atoms with Crippen LogP contribution >= 0.6 is 0 Å². The molecule has 3 nitrogen and oxygen atoms in total. The Morgan fingerprint density at radius 3 is 1.88 bits per heavy atom. The number of hydrogen-bond donors (Lipinski definition) is 3. The zero-order chi connectivity index (χ0) is 12.8. The van der Waals surface area contributed by atoms with Crippen LogP contribution in [0.15, 0.2) is 6.07 Å². The van der Waals surface area contributed by atoms with Crippen molar-refractivity contribution in [1.82, 2.24) is 0 Å². The Hall–Kier alpha value is -0.900. The van der Waals surface area contributed by atoms with Gasteiger partial charge in [-0.15, -0.1) is 0 Å². The van der Waals surface area contributed by atoms with Crippen LogP contribution in [0.4, 0.5) is 0 Å². The molecular formula is C14H25N3. The van der Waals surface area contributed by atoms with E-state index in [4.69, 9.17) is 17.2 Å². The van der Waals surface area contributed by atoms with E-state index in [1.165, 1.54) is 27.8 Å². The van der Waals surface area contributed by atoms with E-state index < -0.39 is 0 Å². The Labute approximate surface area is 104 Å². The van der Waals surface area contributed by atoms with Gasteiger partial charge in [-0.25, -0.2) is 0 Å². The minimum Gasteiger partial charge on any atom is -0.330 e. The minimum absolute atomic E-state index is 0.678. The van der Waals surface area contributed by atoms with Crippen LogP contribution in [0.1, 0.15) is 27.8 Å². The second-order valence-electron chi connectivity index (χ2n) is 4.55. The van der Waals surface area contributed by atoms with E-state index in [0.29, 0.717) is 19.6 Å². The number of aryl methyl sites for hydroxylation is 1. The highest BCUT2D eigenvalue weighted by atomic mass is 14.5. The van der Waals surface area contributed by atoms with Crippen molar-refractivity contribution < 1.29 is 0 Å². The van der Waals surface area contributed by atoms with Crippen LogP contribution in [0.2, 0.25) is 0 Å². The van der Waals surface area contributed by atoms with Gasteiger partial charge < -0.3 is 17.2 Å². The summed E-state index contributed by atoms with van der Waals surface area (Å²) >= 11 is 0. The fraction of sp³-hybridized carbons (Fsp3) is 0.571. The van der Waals surface area contributed by atoms with Crippen molar-refractivity contribution in [2.75, 3.05) is 19.6 Å². The van der Waals surface area contributed by atoms with E-state index in [9.17, 15) is 0 Å². The fourth-order valence-electron chi connectivity index (χ4n) is 2.43. The average molecular weight is 235 g/mol. The first-order chi connectivity index (χ1) is 8.15. The number of nitrogens with two attached hydrogens (primary N) is 3. The molecule has 17 heavy (non-hydrogen) atoms. The van der Waals surface area contributed by atoms with E-state index in [1.54, 1.807) is 0 Å². The van der Waals surface area contributed by atoms with Gasteiger partial charge in [0.25, 0.3) is 0 Å². The lowest BCUT2D eigenvalue weighted by molar-refractivity contribution is 0.857. The number of benzene rings is 1. The van der Waals surface area contributed by atoms with Crippen LogP contribution in [0.3, 0.4) is 0 Å². The van der Waals surface area contributed by atoms with Crippen LogP contribution in [0.25, 0.3) is 0 Å². The van der Waals surface area contributed by atoms with Gasteiger partial charge in [0.15, 0.2) is 0 Å². The third kappa shape index (κ3) is 3.28. The molecular weight excluding hydrogens is 210 g/mol. The maximum atomic E-state index is 5.72. The number of rotatable bonds is 6. The largest absolute Gasteiger partial charge is 0.330 e. The van der Waals surface area contributed by atoms with E-state index in [0.717, 1.165) is 19.3 Å². The zero-order valence-electron chi connectivity index (χ0n) is 11.1. The smallest absolute Gasteiger partial charge is 0.00365 e. The molecule has 3 heteroatoms. The van der Waals surface area contributed by atoms with Gasteiger partial charge in [-0.1, -0.05) is 6.07 Å². The molecule has 0 radical (unpaired) electrons. The summed E-state index contributed by atoms with van der Waals surface area (Å²) in [4.78, 5) is 0. The molecule has 0 aliphatic carbocycles. The van der Waals surface area contributed by atoms with Crippen molar-refractivity contribution in [3.8, 4) is 0 Å². The van der Waals surface area contributed by atoms with Crippen LogP contribution in [0.5, 0.6) is 0 Å². The maximum Gasteiger partial charge on any atom is -0.00365 e. The molecule has 0 amide bonds. The standard InChI is InChI=1S/C14H25N3/c1-10-9-12(3-6-15)14(5-8-17)13(4-7-16)11(10)2/h9H,3-8,15-17H2,1-2H3. The molecule has 1 aromatic rings. The van der Waals surface area contributed by atoms with Gasteiger partial charge in [-0.2, -0.15) is 0 Å². The molecule has 0 saturated carbocycles. The summed E-state index contributed by atoms with van der Waals surface area (Å²) in [6.45, 7) is 6.37. The molecule has 0 spiro atoms. The molecule has 0 aliphatic rings. The molecule has 1 rings (SSSR count). The van der Waals surface area contributed by atoms with Gasteiger partial charge >= 0.3 is 0 Å². The summed E-state index contributed by atoms with van der Waals surface area (Å²) in [7, 11) is 0.